The lowest BCUT2D eigenvalue weighted by atomic mass is 10.6. The number of nitrogens with zero attached hydrogens (tertiary/aromatic N) is 1. The zero-order valence-corrected chi connectivity index (χ0v) is 3.44. The van der Waals surface area contributed by atoms with Gasteiger partial charge >= 0.3 is 0 Å². The van der Waals surface area contributed by atoms with Crippen LogP contribution in [0.3, 0.4) is 0 Å². The maximum Gasteiger partial charge on any atom is 0.284 e. The van der Waals surface area contributed by atoms with Crippen molar-refractivity contribution in [2.24, 2.45) is 5.73 Å². The van der Waals surface area contributed by atoms with Crippen molar-refractivity contribution in [3.63, 3.8) is 0 Å². The van der Waals surface area contributed by atoms with E-state index < -0.39 is 5.66 Å². The van der Waals surface area contributed by atoms with Crippen LogP contribution < -0.4 is 5.73 Å². The molecule has 32 valence electrons. The monoisotopic (exact) mass is 82.1 g/mol. The third kappa shape index (κ3) is 0.373. The molecule has 1 aliphatic carbocycles. The number of nitrogens with two attached hydrogens (primary N) is 1. The predicted octanol–water partition coefficient (Wildman–Crippen LogP) is 0.354. The first-order valence-electron chi connectivity index (χ1n) is 1.94. The predicted molar refractivity (Wildman–Crippen MR) is 22.8 cm³/mol. The molecule has 1 rings (SSSR count). The van der Waals surface area contributed by atoms with Crippen molar-refractivity contribution in [3.05, 3.63) is 11.4 Å². The van der Waals surface area contributed by atoms with Crippen LogP contribution in [0.5, 0.6) is 0 Å². The summed E-state index contributed by atoms with van der Waals surface area (Å²) in [5.41, 5.74) is 4.87. The molecular formula is C4H6N2. The Morgan fingerprint density at radius 2 is 2.17 bits per heavy atom. The van der Waals surface area contributed by atoms with Crippen molar-refractivity contribution in [1.82, 2.24) is 0 Å². The lowest BCUT2D eigenvalue weighted by Crippen LogP contribution is -2.14. The van der Waals surface area contributed by atoms with Crippen LogP contribution in [-0.2, 0) is 0 Å². The van der Waals surface area contributed by atoms with Crippen molar-refractivity contribution >= 4 is 0 Å². The average Bonchev–Trinajstić information content (AvgIpc) is 2.22. The van der Waals surface area contributed by atoms with Gasteiger partial charge in [0.2, 0.25) is 0 Å². The fourth-order valence-electron chi connectivity index (χ4n) is 0.240. The van der Waals surface area contributed by atoms with Crippen LogP contribution >= 0.6 is 0 Å². The van der Waals surface area contributed by atoms with Gasteiger partial charge in [-0.25, -0.2) is 6.57 Å². The minimum Gasteiger partial charge on any atom is -0.293 e. The van der Waals surface area contributed by atoms with Gasteiger partial charge in [-0.3, -0.25) is 10.6 Å². The second-order valence-electron chi connectivity index (χ2n) is 1.72. The van der Waals surface area contributed by atoms with Crippen LogP contribution in [0.4, 0.5) is 0 Å². The van der Waals surface area contributed by atoms with Crippen LogP contribution in [0.15, 0.2) is 0 Å². The third-order valence-electron chi connectivity index (χ3n) is 0.985. The summed E-state index contributed by atoms with van der Waals surface area (Å²) in [4.78, 5) is 3.16. The van der Waals surface area contributed by atoms with E-state index in [1.54, 1.807) is 0 Å². The summed E-state index contributed by atoms with van der Waals surface area (Å²) < 4.78 is 0. The molecule has 1 aliphatic rings. The summed E-state index contributed by atoms with van der Waals surface area (Å²) in [6, 6.07) is 0. The second kappa shape index (κ2) is 0.742. The Morgan fingerprint density at radius 3 is 2.17 bits per heavy atom. The second-order valence-corrected chi connectivity index (χ2v) is 1.72. The normalized spacial score (nSPS) is 25.3. The van der Waals surface area contributed by atoms with E-state index in [-0.39, 0.29) is 0 Å². The Kier molecular flexibility index (Phi) is 0.449. The zero-order chi connectivity index (χ0) is 4.62. The topological polar surface area (TPSA) is 30.4 Å². The van der Waals surface area contributed by atoms with Crippen molar-refractivity contribution in [1.29, 1.82) is 0 Å². The van der Waals surface area contributed by atoms with E-state index in [9.17, 15) is 0 Å². The molecule has 0 amide bonds. The first-order chi connectivity index (χ1) is 2.77. The Hall–Kier alpha value is -0.550. The molecule has 0 saturated heterocycles. The van der Waals surface area contributed by atoms with Gasteiger partial charge in [-0.1, -0.05) is 0 Å². The molecule has 0 aromatic heterocycles. The lowest BCUT2D eigenvalue weighted by Gasteiger charge is -1.82. The molecular weight excluding hydrogens is 76.1 g/mol. The largest absolute Gasteiger partial charge is 0.293 e. The molecule has 2 heteroatoms. The van der Waals surface area contributed by atoms with E-state index in [4.69, 9.17) is 12.3 Å². The van der Waals surface area contributed by atoms with Gasteiger partial charge in [0, 0.05) is 12.8 Å². The number of hydrogen-bond donors (Lipinski definition) is 1. The molecule has 0 unspecified atom stereocenters. The highest BCUT2D eigenvalue weighted by Gasteiger charge is 2.46. The number of hydrogen-bond acceptors (Lipinski definition) is 1. The van der Waals surface area contributed by atoms with Crippen LogP contribution in [0, 0.1) is 6.57 Å². The molecule has 0 bridgehead atoms. The smallest absolute Gasteiger partial charge is 0.284 e. The Morgan fingerprint density at radius 1 is 1.67 bits per heavy atom. The van der Waals surface area contributed by atoms with Gasteiger partial charge in [-0.2, -0.15) is 0 Å². The molecule has 0 aromatic rings. The Bertz CT molecular complexity index is 96.6. The maximum absolute atomic E-state index is 6.42. The molecule has 0 heterocycles. The van der Waals surface area contributed by atoms with Crippen molar-refractivity contribution in [2.75, 3.05) is 0 Å². The van der Waals surface area contributed by atoms with E-state index >= 15 is 0 Å². The van der Waals surface area contributed by atoms with Gasteiger partial charge in [-0.05, 0) is 0 Å². The standard InChI is InChI=1S/C4H6N2/c1-6-4(5)2-3-4/h2-3,5H2. The summed E-state index contributed by atoms with van der Waals surface area (Å²) in [6.07, 6.45) is 1.80. The molecule has 0 radical (unpaired) electrons. The quantitative estimate of drug-likeness (QED) is 0.420. The molecule has 0 aliphatic heterocycles. The maximum atomic E-state index is 6.42. The molecule has 0 spiro atoms. The highest BCUT2D eigenvalue weighted by Crippen LogP contribution is 2.32. The van der Waals surface area contributed by atoms with Crippen LogP contribution in [0.1, 0.15) is 12.8 Å². The van der Waals surface area contributed by atoms with E-state index in [0.717, 1.165) is 12.8 Å². The molecule has 2 nitrogen and oxygen atoms in total. The fourth-order valence-corrected chi connectivity index (χ4v) is 0.240. The molecule has 1 fully saturated rings. The molecule has 1 saturated carbocycles. The van der Waals surface area contributed by atoms with Crippen molar-refractivity contribution in [2.45, 2.75) is 18.5 Å². The number of rotatable bonds is 0. The molecule has 2 N–H and O–H groups in total. The molecule has 6 heavy (non-hydrogen) atoms. The van der Waals surface area contributed by atoms with Crippen LogP contribution in [-0.4, -0.2) is 5.66 Å². The first-order valence-corrected chi connectivity index (χ1v) is 1.94. The fraction of sp³-hybridized carbons (Fsp3) is 0.750. The SMILES string of the molecule is [C-]#[N+]C1(N)CC1. The van der Waals surface area contributed by atoms with E-state index in [2.05, 4.69) is 4.85 Å². The van der Waals surface area contributed by atoms with Gasteiger partial charge in [-0.15, -0.1) is 0 Å². The van der Waals surface area contributed by atoms with E-state index in [1.165, 1.54) is 0 Å². The zero-order valence-electron chi connectivity index (χ0n) is 3.44. The molecule has 0 aromatic carbocycles. The third-order valence-corrected chi connectivity index (χ3v) is 0.985. The summed E-state index contributed by atoms with van der Waals surface area (Å²) in [5, 5.41) is 0. The average molecular weight is 82.1 g/mol. The highest BCUT2D eigenvalue weighted by atomic mass is 15.0. The van der Waals surface area contributed by atoms with Crippen LogP contribution in [0.25, 0.3) is 4.85 Å². The Labute approximate surface area is 36.8 Å². The van der Waals surface area contributed by atoms with Gasteiger partial charge in [0.25, 0.3) is 5.66 Å². The Balaban J connectivity index is 2.54. The molecule has 0 atom stereocenters. The van der Waals surface area contributed by atoms with Gasteiger partial charge in [0.1, 0.15) is 0 Å². The van der Waals surface area contributed by atoms with Crippen LogP contribution in [0.2, 0.25) is 0 Å². The summed E-state index contributed by atoms with van der Waals surface area (Å²) in [7, 11) is 0. The van der Waals surface area contributed by atoms with E-state index in [0.29, 0.717) is 0 Å². The minimum absolute atomic E-state index is 0.417. The van der Waals surface area contributed by atoms with Gasteiger partial charge < -0.3 is 0 Å². The minimum atomic E-state index is -0.417. The van der Waals surface area contributed by atoms with Crippen molar-refractivity contribution in [3.8, 4) is 0 Å². The lowest BCUT2D eigenvalue weighted by molar-refractivity contribution is 0.850. The van der Waals surface area contributed by atoms with Gasteiger partial charge in [0.15, 0.2) is 0 Å². The first kappa shape index (κ1) is 3.63. The highest BCUT2D eigenvalue weighted by molar-refractivity contribution is 5.05. The summed E-state index contributed by atoms with van der Waals surface area (Å²) in [6.45, 7) is 6.42. The summed E-state index contributed by atoms with van der Waals surface area (Å²) >= 11 is 0. The summed E-state index contributed by atoms with van der Waals surface area (Å²) in [5.74, 6) is 0. The van der Waals surface area contributed by atoms with Gasteiger partial charge in [0.05, 0.1) is 0 Å². The van der Waals surface area contributed by atoms with Crippen molar-refractivity contribution < 1.29 is 0 Å². The van der Waals surface area contributed by atoms with E-state index in [1.807, 2.05) is 0 Å².